The fourth-order valence-corrected chi connectivity index (χ4v) is 2.39. The summed E-state index contributed by atoms with van der Waals surface area (Å²) in [5.74, 6) is -1.20. The van der Waals surface area contributed by atoms with Gasteiger partial charge in [0.1, 0.15) is 0 Å². The number of aliphatic carboxylic acids is 1. The van der Waals surface area contributed by atoms with Gasteiger partial charge in [-0.25, -0.2) is 4.79 Å². The summed E-state index contributed by atoms with van der Waals surface area (Å²) in [6.07, 6.45) is 2.13. The minimum Gasteiger partial charge on any atom is -0.481 e. The maximum atomic E-state index is 12.0. The van der Waals surface area contributed by atoms with Crippen LogP contribution in [0.25, 0.3) is 0 Å². The van der Waals surface area contributed by atoms with Crippen LogP contribution in [-0.4, -0.2) is 65.5 Å². The van der Waals surface area contributed by atoms with Crippen LogP contribution in [-0.2, 0) is 9.59 Å². The van der Waals surface area contributed by atoms with Gasteiger partial charge in [0.05, 0.1) is 0 Å². The van der Waals surface area contributed by atoms with Gasteiger partial charge in [0.25, 0.3) is 0 Å². The molecule has 0 aliphatic carbocycles. The second-order valence-corrected chi connectivity index (χ2v) is 5.44. The minimum absolute atomic E-state index is 0.0534. The standard InChI is InChI=1S/C14H25N3O4/c1-3-11-10-17(9-8-16(11)2)14(21)15-12(18)6-4-5-7-13(19)20/h11H,3-10H2,1-2H3,(H,19,20)(H,15,18,21). The Morgan fingerprint density at radius 2 is 1.86 bits per heavy atom. The van der Waals surface area contributed by atoms with Crippen LogP contribution in [0.15, 0.2) is 0 Å². The number of unbranched alkanes of at least 4 members (excludes halogenated alkanes) is 1. The monoisotopic (exact) mass is 299 g/mol. The molecule has 0 aromatic rings. The van der Waals surface area contributed by atoms with Crippen molar-refractivity contribution in [3.8, 4) is 0 Å². The summed E-state index contributed by atoms with van der Waals surface area (Å²) in [7, 11) is 2.04. The summed E-state index contributed by atoms with van der Waals surface area (Å²) >= 11 is 0. The first-order valence-electron chi connectivity index (χ1n) is 7.44. The largest absolute Gasteiger partial charge is 0.481 e. The van der Waals surface area contributed by atoms with E-state index in [-0.39, 0.29) is 24.8 Å². The molecular weight excluding hydrogens is 274 g/mol. The van der Waals surface area contributed by atoms with Crippen LogP contribution in [0.2, 0.25) is 0 Å². The lowest BCUT2D eigenvalue weighted by atomic mass is 10.1. The van der Waals surface area contributed by atoms with Crippen molar-refractivity contribution < 1.29 is 19.5 Å². The van der Waals surface area contributed by atoms with Crippen molar-refractivity contribution in [3.05, 3.63) is 0 Å². The Bertz CT molecular complexity index is 386. The van der Waals surface area contributed by atoms with Crippen molar-refractivity contribution in [2.75, 3.05) is 26.7 Å². The highest BCUT2D eigenvalue weighted by Gasteiger charge is 2.26. The Kier molecular flexibility index (Phi) is 7.14. The molecule has 1 rings (SSSR count). The maximum absolute atomic E-state index is 12.0. The van der Waals surface area contributed by atoms with E-state index in [9.17, 15) is 14.4 Å². The molecule has 120 valence electrons. The number of hydrogen-bond donors (Lipinski definition) is 2. The van der Waals surface area contributed by atoms with Crippen molar-refractivity contribution in [1.82, 2.24) is 15.1 Å². The van der Waals surface area contributed by atoms with Crippen LogP contribution in [0.5, 0.6) is 0 Å². The van der Waals surface area contributed by atoms with Crippen LogP contribution >= 0.6 is 0 Å². The molecule has 1 aliphatic heterocycles. The van der Waals surface area contributed by atoms with Gasteiger partial charge in [0, 0.05) is 38.5 Å². The van der Waals surface area contributed by atoms with E-state index in [1.807, 2.05) is 7.05 Å². The van der Waals surface area contributed by atoms with E-state index in [2.05, 4.69) is 17.1 Å². The van der Waals surface area contributed by atoms with Crippen LogP contribution in [0, 0.1) is 0 Å². The molecule has 0 radical (unpaired) electrons. The predicted molar refractivity (Wildman–Crippen MR) is 77.9 cm³/mol. The van der Waals surface area contributed by atoms with E-state index < -0.39 is 5.97 Å². The molecule has 0 aromatic heterocycles. The molecule has 1 heterocycles. The molecule has 21 heavy (non-hydrogen) atoms. The van der Waals surface area contributed by atoms with Crippen molar-refractivity contribution in [2.45, 2.75) is 45.1 Å². The zero-order chi connectivity index (χ0) is 15.8. The number of carboxylic acids is 1. The normalized spacial score (nSPS) is 19.3. The molecule has 7 heteroatoms. The first-order chi connectivity index (χ1) is 9.93. The lowest BCUT2D eigenvalue weighted by molar-refractivity contribution is -0.137. The third kappa shape index (κ3) is 6.12. The lowest BCUT2D eigenvalue weighted by Gasteiger charge is -2.38. The summed E-state index contributed by atoms with van der Waals surface area (Å²) in [6, 6.07) is -0.0139. The molecule has 1 atom stereocenters. The number of hydrogen-bond acceptors (Lipinski definition) is 4. The van der Waals surface area contributed by atoms with Gasteiger partial charge < -0.3 is 10.0 Å². The number of carboxylic acid groups (broad SMARTS) is 1. The number of amides is 3. The second kappa shape index (κ2) is 8.61. The van der Waals surface area contributed by atoms with E-state index in [0.717, 1.165) is 13.0 Å². The van der Waals surface area contributed by atoms with Crippen molar-refractivity contribution in [2.24, 2.45) is 0 Å². The Labute approximate surface area is 125 Å². The van der Waals surface area contributed by atoms with Gasteiger partial charge in [-0.05, 0) is 26.3 Å². The third-order valence-corrected chi connectivity index (χ3v) is 3.83. The van der Waals surface area contributed by atoms with Gasteiger partial charge >= 0.3 is 12.0 Å². The zero-order valence-corrected chi connectivity index (χ0v) is 12.8. The first kappa shape index (κ1) is 17.4. The SMILES string of the molecule is CCC1CN(C(=O)NC(=O)CCCCC(=O)O)CCN1C. The van der Waals surface area contributed by atoms with Crippen LogP contribution in [0.3, 0.4) is 0 Å². The smallest absolute Gasteiger partial charge is 0.324 e. The number of likely N-dealkylation sites (N-methyl/N-ethyl adjacent to an activating group) is 1. The number of rotatable bonds is 6. The van der Waals surface area contributed by atoms with E-state index in [0.29, 0.717) is 32.0 Å². The molecule has 7 nitrogen and oxygen atoms in total. The fraction of sp³-hybridized carbons (Fsp3) is 0.786. The number of urea groups is 1. The average molecular weight is 299 g/mol. The molecule has 1 saturated heterocycles. The molecule has 0 spiro atoms. The summed E-state index contributed by atoms with van der Waals surface area (Å²) in [5.41, 5.74) is 0. The van der Waals surface area contributed by atoms with Crippen molar-refractivity contribution >= 4 is 17.9 Å². The van der Waals surface area contributed by atoms with Crippen molar-refractivity contribution in [1.29, 1.82) is 0 Å². The van der Waals surface area contributed by atoms with Crippen LogP contribution in [0.4, 0.5) is 4.79 Å². The molecule has 1 aliphatic rings. The number of carbonyl (C=O) groups excluding carboxylic acids is 2. The van der Waals surface area contributed by atoms with Crippen LogP contribution in [0.1, 0.15) is 39.0 Å². The van der Waals surface area contributed by atoms with Crippen LogP contribution < -0.4 is 5.32 Å². The zero-order valence-electron chi connectivity index (χ0n) is 12.8. The van der Waals surface area contributed by atoms with E-state index in [1.54, 1.807) is 4.90 Å². The number of imide groups is 1. The number of piperazine rings is 1. The Balaban J connectivity index is 2.29. The van der Waals surface area contributed by atoms with E-state index in [1.165, 1.54) is 0 Å². The Morgan fingerprint density at radius 3 is 2.48 bits per heavy atom. The Hall–Kier alpha value is -1.63. The topological polar surface area (TPSA) is 90.0 Å². The number of nitrogens with zero attached hydrogens (tertiary/aromatic N) is 2. The third-order valence-electron chi connectivity index (χ3n) is 3.83. The quantitative estimate of drug-likeness (QED) is 0.711. The first-order valence-corrected chi connectivity index (χ1v) is 7.44. The summed E-state index contributed by atoms with van der Waals surface area (Å²) < 4.78 is 0. The average Bonchev–Trinajstić information content (AvgIpc) is 2.43. The molecule has 1 unspecified atom stereocenters. The number of carbonyl (C=O) groups is 3. The van der Waals surface area contributed by atoms with E-state index in [4.69, 9.17) is 5.11 Å². The van der Waals surface area contributed by atoms with Crippen molar-refractivity contribution in [3.63, 3.8) is 0 Å². The maximum Gasteiger partial charge on any atom is 0.324 e. The highest BCUT2D eigenvalue weighted by molar-refractivity contribution is 5.94. The Morgan fingerprint density at radius 1 is 1.19 bits per heavy atom. The minimum atomic E-state index is -0.866. The highest BCUT2D eigenvalue weighted by atomic mass is 16.4. The van der Waals surface area contributed by atoms with Gasteiger partial charge in [-0.15, -0.1) is 0 Å². The molecule has 3 amide bonds. The fourth-order valence-electron chi connectivity index (χ4n) is 2.39. The van der Waals surface area contributed by atoms with Gasteiger partial charge in [-0.2, -0.15) is 0 Å². The summed E-state index contributed by atoms with van der Waals surface area (Å²) in [4.78, 5) is 37.9. The number of nitrogens with one attached hydrogen (secondary N) is 1. The van der Waals surface area contributed by atoms with E-state index >= 15 is 0 Å². The highest BCUT2D eigenvalue weighted by Crippen LogP contribution is 2.10. The molecule has 2 N–H and O–H groups in total. The van der Waals surface area contributed by atoms with Gasteiger partial charge in [0.2, 0.25) is 5.91 Å². The molecule has 0 saturated carbocycles. The lowest BCUT2D eigenvalue weighted by Crippen LogP contribution is -2.56. The predicted octanol–water partition coefficient (Wildman–Crippen LogP) is 0.894. The van der Waals surface area contributed by atoms with Gasteiger partial charge in [0.15, 0.2) is 0 Å². The molecular formula is C14H25N3O4. The second-order valence-electron chi connectivity index (χ2n) is 5.44. The van der Waals surface area contributed by atoms with Gasteiger partial charge in [-0.1, -0.05) is 6.92 Å². The van der Waals surface area contributed by atoms with Gasteiger partial charge in [-0.3, -0.25) is 19.8 Å². The molecule has 0 aromatic carbocycles. The molecule has 1 fully saturated rings. The summed E-state index contributed by atoms with van der Waals surface area (Å²) in [5, 5.41) is 10.9. The summed E-state index contributed by atoms with van der Waals surface area (Å²) in [6.45, 7) is 4.13. The molecule has 0 bridgehead atoms.